The van der Waals surface area contributed by atoms with Crippen molar-refractivity contribution in [3.8, 4) is 11.5 Å². The van der Waals surface area contributed by atoms with E-state index in [1.165, 1.54) is 0 Å². The molecule has 0 aliphatic rings. The third-order valence-electron chi connectivity index (χ3n) is 3.65. The van der Waals surface area contributed by atoms with Gasteiger partial charge < -0.3 is 15.2 Å². The van der Waals surface area contributed by atoms with Crippen molar-refractivity contribution in [3.63, 3.8) is 0 Å². The Morgan fingerprint density at radius 1 is 0.913 bits per heavy atom. The van der Waals surface area contributed by atoms with Gasteiger partial charge in [-0.05, 0) is 52.7 Å². The van der Waals surface area contributed by atoms with Gasteiger partial charge in [0.05, 0.1) is 12.7 Å². The van der Waals surface area contributed by atoms with Crippen molar-refractivity contribution in [1.82, 2.24) is 0 Å². The molecule has 0 saturated heterocycles. The van der Waals surface area contributed by atoms with E-state index in [0.29, 0.717) is 17.9 Å². The summed E-state index contributed by atoms with van der Waals surface area (Å²) in [6.45, 7) is 0.446. The molecule has 0 saturated carbocycles. The van der Waals surface area contributed by atoms with Crippen LogP contribution in [0.2, 0.25) is 0 Å². The molecular weight excluding hydrogens is 290 g/mol. The quantitative estimate of drug-likeness (QED) is 0.591. The number of benzene rings is 3. The number of fused-ring (bicyclic) bond motifs is 1. The minimum Gasteiger partial charge on any atom is -0.497 e. The molecule has 23 heavy (non-hydrogen) atoms. The van der Waals surface area contributed by atoms with E-state index in [0.717, 1.165) is 22.1 Å². The van der Waals surface area contributed by atoms with E-state index in [2.05, 4.69) is 0 Å². The van der Waals surface area contributed by atoms with Crippen molar-refractivity contribution < 1.29 is 14.3 Å². The fourth-order valence-electron chi connectivity index (χ4n) is 2.34. The molecule has 3 aromatic rings. The molecule has 0 aromatic heterocycles. The molecule has 0 amide bonds. The standard InChI is InChI=1S/C19H17NO3/c1-22-17-8-6-14-7-9-18(11-16(14)10-17)23-19(21)15-4-2-13(12-20)3-5-15/h2-11H,12,20H2,1H3. The zero-order chi connectivity index (χ0) is 16.2. The third-order valence-corrected chi connectivity index (χ3v) is 3.65. The van der Waals surface area contributed by atoms with Crippen LogP contribution < -0.4 is 15.2 Å². The molecule has 0 spiro atoms. The van der Waals surface area contributed by atoms with Crippen molar-refractivity contribution >= 4 is 16.7 Å². The van der Waals surface area contributed by atoms with Crippen LogP contribution in [0.25, 0.3) is 10.8 Å². The summed E-state index contributed by atoms with van der Waals surface area (Å²) in [5, 5.41) is 2.01. The van der Waals surface area contributed by atoms with Gasteiger partial charge in [-0.3, -0.25) is 0 Å². The fourth-order valence-corrected chi connectivity index (χ4v) is 2.34. The van der Waals surface area contributed by atoms with Crippen LogP contribution in [-0.2, 0) is 6.54 Å². The van der Waals surface area contributed by atoms with Crippen molar-refractivity contribution in [2.24, 2.45) is 5.73 Å². The van der Waals surface area contributed by atoms with Crippen LogP contribution in [0, 0.1) is 0 Å². The topological polar surface area (TPSA) is 61.5 Å². The highest BCUT2D eigenvalue weighted by Gasteiger charge is 2.09. The van der Waals surface area contributed by atoms with Crippen molar-refractivity contribution in [1.29, 1.82) is 0 Å². The van der Waals surface area contributed by atoms with E-state index < -0.39 is 5.97 Å². The van der Waals surface area contributed by atoms with Crippen LogP contribution in [0.15, 0.2) is 60.7 Å². The number of esters is 1. The lowest BCUT2D eigenvalue weighted by atomic mass is 10.1. The van der Waals surface area contributed by atoms with Gasteiger partial charge >= 0.3 is 5.97 Å². The predicted molar refractivity (Wildman–Crippen MR) is 89.8 cm³/mol. The van der Waals surface area contributed by atoms with Crippen LogP contribution in [0.3, 0.4) is 0 Å². The molecule has 0 aliphatic carbocycles. The lowest BCUT2D eigenvalue weighted by molar-refractivity contribution is 0.0735. The molecular formula is C19H17NO3. The predicted octanol–water partition coefficient (Wildman–Crippen LogP) is 3.53. The van der Waals surface area contributed by atoms with Crippen molar-refractivity contribution in [2.75, 3.05) is 7.11 Å². The summed E-state index contributed by atoms with van der Waals surface area (Å²) in [6, 6.07) is 18.4. The summed E-state index contributed by atoms with van der Waals surface area (Å²) in [5.74, 6) is 0.868. The van der Waals surface area contributed by atoms with Gasteiger partial charge in [-0.15, -0.1) is 0 Å². The van der Waals surface area contributed by atoms with Crippen LogP contribution in [0.1, 0.15) is 15.9 Å². The summed E-state index contributed by atoms with van der Waals surface area (Å²) in [5.41, 5.74) is 7.01. The van der Waals surface area contributed by atoms with E-state index in [9.17, 15) is 4.79 Å². The lowest BCUT2D eigenvalue weighted by Gasteiger charge is -2.07. The molecule has 2 N–H and O–H groups in total. The number of ether oxygens (including phenoxy) is 2. The summed E-state index contributed by atoms with van der Waals surface area (Å²) in [6.07, 6.45) is 0. The second-order valence-corrected chi connectivity index (χ2v) is 5.17. The smallest absolute Gasteiger partial charge is 0.343 e. The number of carbonyl (C=O) groups is 1. The molecule has 4 heteroatoms. The first-order valence-corrected chi connectivity index (χ1v) is 7.28. The number of methoxy groups -OCH3 is 1. The van der Waals surface area contributed by atoms with Gasteiger partial charge in [-0.1, -0.05) is 24.3 Å². The van der Waals surface area contributed by atoms with Crippen molar-refractivity contribution in [2.45, 2.75) is 6.54 Å². The Morgan fingerprint density at radius 3 is 2.22 bits per heavy atom. The first-order valence-electron chi connectivity index (χ1n) is 7.28. The van der Waals surface area contributed by atoms with Gasteiger partial charge in [-0.2, -0.15) is 0 Å². The minimum absolute atomic E-state index is 0.393. The largest absolute Gasteiger partial charge is 0.497 e. The van der Waals surface area contributed by atoms with Crippen LogP contribution >= 0.6 is 0 Å². The third kappa shape index (κ3) is 3.33. The van der Waals surface area contributed by atoms with Gasteiger partial charge in [-0.25, -0.2) is 4.79 Å². The molecule has 3 rings (SSSR count). The Morgan fingerprint density at radius 2 is 1.57 bits per heavy atom. The van der Waals surface area contributed by atoms with E-state index in [4.69, 9.17) is 15.2 Å². The monoisotopic (exact) mass is 307 g/mol. The lowest BCUT2D eigenvalue weighted by Crippen LogP contribution is -2.08. The average molecular weight is 307 g/mol. The zero-order valence-electron chi connectivity index (χ0n) is 12.8. The van der Waals surface area contributed by atoms with Gasteiger partial charge in [0, 0.05) is 6.54 Å². The summed E-state index contributed by atoms with van der Waals surface area (Å²) >= 11 is 0. The maximum Gasteiger partial charge on any atom is 0.343 e. The zero-order valence-corrected chi connectivity index (χ0v) is 12.8. The summed E-state index contributed by atoms with van der Waals surface area (Å²) in [7, 11) is 1.62. The second-order valence-electron chi connectivity index (χ2n) is 5.17. The highest BCUT2D eigenvalue weighted by Crippen LogP contribution is 2.25. The average Bonchev–Trinajstić information content (AvgIpc) is 2.61. The molecule has 3 aromatic carbocycles. The SMILES string of the molecule is COc1ccc2ccc(OC(=O)c3ccc(CN)cc3)cc2c1. The maximum absolute atomic E-state index is 12.2. The molecule has 0 bridgehead atoms. The normalized spacial score (nSPS) is 10.5. The Balaban J connectivity index is 1.83. The number of rotatable bonds is 4. The van der Waals surface area contributed by atoms with Crippen molar-refractivity contribution in [3.05, 3.63) is 71.8 Å². The van der Waals surface area contributed by atoms with Crippen LogP contribution in [-0.4, -0.2) is 13.1 Å². The fraction of sp³-hybridized carbons (Fsp3) is 0.105. The number of hydrogen-bond donors (Lipinski definition) is 1. The Kier molecular flexibility index (Phi) is 4.26. The summed E-state index contributed by atoms with van der Waals surface area (Å²) in [4.78, 5) is 12.2. The minimum atomic E-state index is -0.393. The molecule has 0 atom stereocenters. The van der Waals surface area contributed by atoms with Crippen LogP contribution in [0.4, 0.5) is 0 Å². The van der Waals surface area contributed by atoms with Crippen LogP contribution in [0.5, 0.6) is 11.5 Å². The van der Waals surface area contributed by atoms with Gasteiger partial charge in [0.2, 0.25) is 0 Å². The molecule has 116 valence electrons. The Bertz CT molecular complexity index is 841. The van der Waals surface area contributed by atoms with E-state index in [-0.39, 0.29) is 0 Å². The number of nitrogens with two attached hydrogens (primary N) is 1. The van der Waals surface area contributed by atoms with E-state index >= 15 is 0 Å². The first kappa shape index (κ1) is 15.1. The van der Waals surface area contributed by atoms with Gasteiger partial charge in [0.15, 0.2) is 0 Å². The second kappa shape index (κ2) is 6.50. The maximum atomic E-state index is 12.2. The van der Waals surface area contributed by atoms with E-state index in [1.807, 2.05) is 42.5 Å². The molecule has 0 fully saturated rings. The molecule has 0 radical (unpaired) electrons. The Labute approximate surface area is 134 Å². The Hall–Kier alpha value is -2.85. The van der Waals surface area contributed by atoms with E-state index in [1.54, 1.807) is 25.3 Å². The number of carbonyl (C=O) groups excluding carboxylic acids is 1. The molecule has 0 heterocycles. The summed E-state index contributed by atoms with van der Waals surface area (Å²) < 4.78 is 10.7. The number of hydrogen-bond acceptors (Lipinski definition) is 4. The molecule has 0 unspecified atom stereocenters. The van der Waals surface area contributed by atoms with Gasteiger partial charge in [0.25, 0.3) is 0 Å². The van der Waals surface area contributed by atoms with Gasteiger partial charge in [0.1, 0.15) is 11.5 Å². The first-order chi connectivity index (χ1) is 11.2. The molecule has 0 aliphatic heterocycles. The highest BCUT2D eigenvalue weighted by molar-refractivity contribution is 5.92. The molecule has 4 nitrogen and oxygen atoms in total. The highest BCUT2D eigenvalue weighted by atomic mass is 16.5.